The fourth-order valence-electron chi connectivity index (χ4n) is 7.37. The van der Waals surface area contributed by atoms with E-state index in [9.17, 15) is 0 Å². The van der Waals surface area contributed by atoms with Crippen LogP contribution in [-0.4, -0.2) is 9.54 Å². The Kier molecular flexibility index (Phi) is 7.79. The van der Waals surface area contributed by atoms with E-state index >= 15 is 0 Å². The number of hydrogen-bond acceptors (Lipinski definition) is 0. The maximum absolute atomic E-state index is 4.59. The average Bonchev–Trinajstić information content (AvgIpc) is 3.54. The summed E-state index contributed by atoms with van der Waals surface area (Å²) in [6.07, 6.45) is 4.66. The zero-order valence-corrected chi connectivity index (χ0v) is 28.5. The fourth-order valence-corrected chi connectivity index (χ4v) is 8.61. The van der Waals surface area contributed by atoms with Crippen molar-refractivity contribution in [2.75, 3.05) is 0 Å². The average molecular weight is 632 g/mol. The lowest BCUT2D eigenvalue weighted by Gasteiger charge is -2.32. The van der Waals surface area contributed by atoms with Gasteiger partial charge in [-0.15, -0.1) is 0 Å². The Labute approximate surface area is 266 Å². The molecule has 0 amide bonds. The van der Waals surface area contributed by atoms with Gasteiger partial charge < -0.3 is 15.8 Å². The Morgan fingerprint density at radius 2 is 0.977 bits per heavy atom. The molecule has 4 aromatic carbocycles. The second kappa shape index (κ2) is 11.3. The third kappa shape index (κ3) is 4.65. The molecule has 0 N–H and O–H groups in total. The van der Waals surface area contributed by atoms with Gasteiger partial charge in [0, 0.05) is 22.3 Å². The standard InChI is InChI=1S/C39H44BBrN2/c1-25(2)29-17-13-18-30(26(3)4)37(29)42-23-24-43(38-31(27(5)6)19-14-20-32(38)28(7)8)39(42)40(41)35-21-11-9-15-33(35)34-16-10-12-22-36(34)40/h9-28H,1-8H3. The summed E-state index contributed by atoms with van der Waals surface area (Å²) in [4.78, 5) is -1.53. The van der Waals surface area contributed by atoms with E-state index in [1.807, 2.05) is 0 Å². The Balaban J connectivity index is 1.83. The molecule has 0 bridgehead atoms. The minimum absolute atomic E-state index is 0.383. The summed E-state index contributed by atoms with van der Waals surface area (Å²) in [7, 11) is 0. The van der Waals surface area contributed by atoms with Crippen LogP contribution in [0.4, 0.5) is 0 Å². The maximum Gasteiger partial charge on any atom is 0.238 e. The van der Waals surface area contributed by atoms with Crippen molar-refractivity contribution in [3.05, 3.63) is 120 Å². The summed E-state index contributed by atoms with van der Waals surface area (Å²) in [6.45, 7) is 18.6. The molecule has 0 saturated carbocycles. The van der Waals surface area contributed by atoms with E-state index in [2.05, 4.69) is 178 Å². The molecule has 1 aliphatic rings. The van der Waals surface area contributed by atoms with Crippen molar-refractivity contribution in [1.82, 2.24) is 4.57 Å². The van der Waals surface area contributed by atoms with Crippen LogP contribution in [0.3, 0.4) is 0 Å². The van der Waals surface area contributed by atoms with Crippen LogP contribution in [-0.2, 0) is 0 Å². The Bertz CT molecular complexity index is 1630. The first-order valence-corrected chi connectivity index (χ1v) is 16.9. The third-order valence-corrected chi connectivity index (χ3v) is 10.8. The Morgan fingerprint density at radius 3 is 1.42 bits per heavy atom. The lowest BCUT2D eigenvalue weighted by Crippen LogP contribution is -2.71. The van der Waals surface area contributed by atoms with Gasteiger partial charge in [-0.3, -0.25) is 0 Å². The van der Waals surface area contributed by atoms with Crippen molar-refractivity contribution in [3.8, 4) is 22.5 Å². The van der Waals surface area contributed by atoms with Gasteiger partial charge in [-0.05, 0) is 23.7 Å². The SMILES string of the molecule is CC(C)c1cccc(C(C)C)c1-n1cc[n+](-c2c(C(C)C)cccc2C(C)C)c1[B-]1(Br)c2ccccc2-c2ccccc21. The van der Waals surface area contributed by atoms with Gasteiger partial charge in [0.2, 0.25) is 4.97 Å². The molecular weight excluding hydrogens is 587 g/mol. The van der Waals surface area contributed by atoms with Gasteiger partial charge in [-0.25, -0.2) is 9.13 Å². The van der Waals surface area contributed by atoms with Crippen molar-refractivity contribution in [2.45, 2.75) is 79.1 Å². The van der Waals surface area contributed by atoms with Crippen LogP contribution in [0.15, 0.2) is 97.3 Å². The van der Waals surface area contributed by atoms with Crippen LogP contribution >= 0.6 is 15.8 Å². The van der Waals surface area contributed by atoms with Crippen LogP contribution in [0, 0.1) is 0 Å². The van der Waals surface area contributed by atoms with E-state index in [1.54, 1.807) is 0 Å². The van der Waals surface area contributed by atoms with Crippen LogP contribution in [0.1, 0.15) is 101 Å². The highest BCUT2D eigenvalue weighted by Crippen LogP contribution is 2.36. The zero-order valence-electron chi connectivity index (χ0n) is 26.9. The summed E-state index contributed by atoms with van der Waals surface area (Å²) in [5.41, 5.74) is 14.7. The van der Waals surface area contributed by atoms with E-state index in [-0.39, 0.29) is 0 Å². The van der Waals surface area contributed by atoms with Crippen molar-refractivity contribution in [3.63, 3.8) is 0 Å². The highest BCUT2D eigenvalue weighted by Gasteiger charge is 2.46. The molecule has 4 heteroatoms. The quantitative estimate of drug-likeness (QED) is 0.126. The zero-order chi connectivity index (χ0) is 30.6. The predicted molar refractivity (Wildman–Crippen MR) is 189 cm³/mol. The lowest BCUT2D eigenvalue weighted by molar-refractivity contribution is -0.577. The van der Waals surface area contributed by atoms with Crippen molar-refractivity contribution < 1.29 is 4.57 Å². The second-order valence-electron chi connectivity index (χ2n) is 13.5. The number of para-hydroxylation sites is 2. The number of fused-ring (bicyclic) bond motifs is 3. The number of nitrogens with zero attached hydrogens (tertiary/aromatic N) is 2. The molecule has 0 atom stereocenters. The molecular formula is C39H44BBrN2. The second-order valence-corrected chi connectivity index (χ2v) is 14.9. The molecule has 5 aromatic rings. The van der Waals surface area contributed by atoms with E-state index in [1.165, 1.54) is 61.4 Å². The van der Waals surface area contributed by atoms with Gasteiger partial charge in [0.1, 0.15) is 29.5 Å². The molecule has 0 spiro atoms. The molecule has 2 heterocycles. The first kappa shape index (κ1) is 29.7. The first-order chi connectivity index (χ1) is 20.6. The first-order valence-electron chi connectivity index (χ1n) is 16.0. The number of hydrogen-bond donors (Lipinski definition) is 0. The minimum Gasteiger partial charge on any atom is -0.328 e. The van der Waals surface area contributed by atoms with Gasteiger partial charge in [0.25, 0.3) is 0 Å². The molecule has 220 valence electrons. The summed E-state index contributed by atoms with van der Waals surface area (Å²) in [5.74, 6) is 1.53. The van der Waals surface area contributed by atoms with Crippen molar-refractivity contribution in [1.29, 1.82) is 0 Å². The van der Waals surface area contributed by atoms with Gasteiger partial charge in [0.15, 0.2) is 0 Å². The number of halogens is 1. The van der Waals surface area contributed by atoms with Crippen molar-refractivity contribution in [2.24, 2.45) is 0 Å². The van der Waals surface area contributed by atoms with E-state index in [4.69, 9.17) is 0 Å². The molecule has 1 aromatic heterocycles. The summed E-state index contributed by atoms with van der Waals surface area (Å²) in [6, 6.07) is 31.8. The molecule has 0 radical (unpaired) electrons. The van der Waals surface area contributed by atoms with Crippen LogP contribution in [0.25, 0.3) is 22.5 Å². The Hall–Kier alpha value is -3.37. The number of imidazole rings is 1. The molecule has 6 rings (SSSR count). The van der Waals surface area contributed by atoms with Gasteiger partial charge >= 0.3 is 0 Å². The molecule has 1 aliphatic heterocycles. The smallest absolute Gasteiger partial charge is 0.238 e. The largest absolute Gasteiger partial charge is 0.328 e. The van der Waals surface area contributed by atoms with E-state index in [0.29, 0.717) is 23.7 Å². The van der Waals surface area contributed by atoms with Gasteiger partial charge in [-0.1, -0.05) is 151 Å². The normalized spacial score (nSPS) is 13.8. The summed E-state index contributed by atoms with van der Waals surface area (Å²) >= 11 is 4.59. The molecule has 0 saturated heterocycles. The van der Waals surface area contributed by atoms with E-state index in [0.717, 1.165) is 0 Å². The molecule has 0 aliphatic carbocycles. The predicted octanol–water partition coefficient (Wildman–Crippen LogP) is 8.59. The Morgan fingerprint density at radius 1 is 0.558 bits per heavy atom. The third-order valence-electron chi connectivity index (χ3n) is 9.45. The highest BCUT2D eigenvalue weighted by atomic mass is 79.9. The number of aromatic nitrogens is 2. The van der Waals surface area contributed by atoms with Crippen LogP contribution < -0.4 is 21.2 Å². The fraction of sp³-hybridized carbons (Fsp3) is 0.308. The van der Waals surface area contributed by atoms with Crippen molar-refractivity contribution >= 4 is 37.4 Å². The number of rotatable bonds is 7. The topological polar surface area (TPSA) is 8.81 Å². The lowest BCUT2D eigenvalue weighted by atomic mass is 9.41. The molecule has 43 heavy (non-hydrogen) atoms. The summed E-state index contributed by atoms with van der Waals surface area (Å²) < 4.78 is 5.08. The van der Waals surface area contributed by atoms with E-state index < -0.39 is 4.97 Å². The summed E-state index contributed by atoms with van der Waals surface area (Å²) in [5, 5.41) is 0. The number of benzene rings is 4. The highest BCUT2D eigenvalue weighted by molar-refractivity contribution is 9.27. The van der Waals surface area contributed by atoms with Gasteiger partial charge in [-0.2, -0.15) is 10.9 Å². The maximum atomic E-state index is 4.59. The molecule has 0 fully saturated rings. The van der Waals surface area contributed by atoms with Crippen LogP contribution in [0.5, 0.6) is 0 Å². The molecule has 0 unspecified atom stereocenters. The van der Waals surface area contributed by atoms with Crippen LogP contribution in [0.2, 0.25) is 0 Å². The minimum atomic E-state index is -1.53. The molecule has 2 nitrogen and oxygen atoms in total. The monoisotopic (exact) mass is 630 g/mol. The van der Waals surface area contributed by atoms with Gasteiger partial charge in [0.05, 0.1) is 0 Å².